The number of amides is 1. The Hall–Kier alpha value is -2.04. The van der Waals surface area contributed by atoms with E-state index in [0.29, 0.717) is 22.2 Å². The predicted molar refractivity (Wildman–Crippen MR) is 92.9 cm³/mol. The highest BCUT2D eigenvalue weighted by atomic mass is 35.5. The number of carbonyl (C=O) groups excluding carboxylic acids is 1. The van der Waals surface area contributed by atoms with Gasteiger partial charge in [-0.05, 0) is 18.6 Å². The van der Waals surface area contributed by atoms with Gasteiger partial charge in [0.15, 0.2) is 0 Å². The van der Waals surface area contributed by atoms with Crippen LogP contribution in [0.4, 0.5) is 0 Å². The summed E-state index contributed by atoms with van der Waals surface area (Å²) in [5, 5.41) is 7.40. The first-order valence-corrected chi connectivity index (χ1v) is 7.78. The summed E-state index contributed by atoms with van der Waals surface area (Å²) in [7, 11) is 0. The van der Waals surface area contributed by atoms with E-state index in [1.54, 1.807) is 25.1 Å². The molecule has 6 heteroatoms. The second-order valence-corrected chi connectivity index (χ2v) is 5.61. The number of rotatable bonds is 6. The molecule has 120 valence electrons. The van der Waals surface area contributed by atoms with Crippen LogP contribution in [-0.4, -0.2) is 18.2 Å². The van der Waals surface area contributed by atoms with E-state index in [1.165, 1.54) is 6.21 Å². The van der Waals surface area contributed by atoms with Crippen molar-refractivity contribution < 1.29 is 9.63 Å². The average molecular weight is 351 g/mol. The first-order chi connectivity index (χ1) is 11.1. The fourth-order valence-corrected chi connectivity index (χ4v) is 2.13. The fraction of sp³-hybridized carbons (Fsp3) is 0.176. The molecular weight excluding hydrogens is 335 g/mol. The molecule has 0 heterocycles. The third-order valence-electron chi connectivity index (χ3n) is 3.07. The van der Waals surface area contributed by atoms with Crippen LogP contribution in [0.15, 0.2) is 53.7 Å². The zero-order chi connectivity index (χ0) is 16.7. The molecule has 2 rings (SSSR count). The van der Waals surface area contributed by atoms with Crippen molar-refractivity contribution in [3.8, 4) is 0 Å². The summed E-state index contributed by atoms with van der Waals surface area (Å²) in [6.07, 6.45) is 0.711. The van der Waals surface area contributed by atoms with Crippen LogP contribution in [0.1, 0.15) is 18.1 Å². The minimum absolute atomic E-state index is 0.247. The lowest BCUT2D eigenvalue weighted by atomic mass is 10.2. The van der Waals surface area contributed by atoms with Gasteiger partial charge in [-0.1, -0.05) is 70.8 Å². The Morgan fingerprint density at radius 1 is 1.22 bits per heavy atom. The van der Waals surface area contributed by atoms with Crippen LogP contribution in [0.2, 0.25) is 10.0 Å². The molecule has 0 unspecified atom stereocenters. The lowest BCUT2D eigenvalue weighted by Crippen LogP contribution is -2.33. The predicted octanol–water partition coefficient (Wildman–Crippen LogP) is 4.05. The Kier molecular flexibility index (Phi) is 6.44. The van der Waals surface area contributed by atoms with E-state index in [-0.39, 0.29) is 5.91 Å². The highest BCUT2D eigenvalue weighted by Crippen LogP contribution is 2.24. The Morgan fingerprint density at radius 3 is 2.70 bits per heavy atom. The third-order valence-corrected chi connectivity index (χ3v) is 3.90. The van der Waals surface area contributed by atoms with Crippen LogP contribution in [0.25, 0.3) is 0 Å². The maximum Gasteiger partial charge on any atom is 0.263 e. The van der Waals surface area contributed by atoms with Crippen molar-refractivity contribution in [3.05, 3.63) is 69.7 Å². The van der Waals surface area contributed by atoms with E-state index in [2.05, 4.69) is 10.5 Å². The van der Waals surface area contributed by atoms with E-state index >= 15 is 0 Å². The van der Waals surface area contributed by atoms with Gasteiger partial charge in [-0.2, -0.15) is 0 Å². The fourth-order valence-electron chi connectivity index (χ4n) is 1.78. The third kappa shape index (κ3) is 5.27. The molecule has 0 aliphatic carbocycles. The molecule has 0 saturated carbocycles. The molecule has 0 spiro atoms. The topological polar surface area (TPSA) is 50.7 Å². The Balaban J connectivity index is 1.84. The number of oxime groups is 1. The van der Waals surface area contributed by atoms with Gasteiger partial charge in [-0.15, -0.1) is 0 Å². The Labute approximate surface area is 145 Å². The summed E-state index contributed by atoms with van der Waals surface area (Å²) in [6.45, 7) is 2.06. The molecular formula is C17H16Cl2N2O2. The molecule has 1 N–H and O–H groups in total. The van der Waals surface area contributed by atoms with Crippen LogP contribution in [0.5, 0.6) is 0 Å². The summed E-state index contributed by atoms with van der Waals surface area (Å²) in [4.78, 5) is 17.1. The maximum absolute atomic E-state index is 11.9. The molecule has 2 aromatic carbocycles. The van der Waals surface area contributed by atoms with E-state index in [0.717, 1.165) is 5.56 Å². The van der Waals surface area contributed by atoms with Crippen LogP contribution >= 0.6 is 23.2 Å². The quantitative estimate of drug-likeness (QED) is 0.631. The molecule has 4 nitrogen and oxygen atoms in total. The number of carbonyl (C=O) groups is 1. The van der Waals surface area contributed by atoms with Crippen LogP contribution in [0.3, 0.4) is 0 Å². The molecule has 0 aliphatic rings. The molecule has 0 saturated heterocycles. The van der Waals surface area contributed by atoms with Gasteiger partial charge < -0.3 is 10.2 Å². The highest BCUT2D eigenvalue weighted by Gasteiger charge is 2.13. The molecule has 0 bridgehead atoms. The van der Waals surface area contributed by atoms with Gasteiger partial charge >= 0.3 is 0 Å². The molecule has 0 fully saturated rings. The second-order valence-electron chi connectivity index (χ2n) is 4.83. The molecule has 1 amide bonds. The van der Waals surface area contributed by atoms with Crippen LogP contribution in [0, 0.1) is 0 Å². The number of halogens is 2. The monoisotopic (exact) mass is 350 g/mol. The van der Waals surface area contributed by atoms with Gasteiger partial charge in [0.1, 0.15) is 0 Å². The standard InChI is InChI=1S/C17H16Cl2N2O2/c1-12(17(22)20-10-13-6-3-2-4-7-13)23-21-11-14-8-5-9-15(18)16(14)19/h2-9,11-12H,10H2,1H3,(H,20,22)/b21-11-/t12-/m1/s1. The Morgan fingerprint density at radius 2 is 1.96 bits per heavy atom. The SMILES string of the molecule is C[C@@H](O/N=C\c1cccc(Cl)c1Cl)C(=O)NCc1ccccc1. The normalized spacial score (nSPS) is 12.1. The summed E-state index contributed by atoms with van der Waals surface area (Å²) in [5.74, 6) is -0.247. The van der Waals surface area contributed by atoms with E-state index in [9.17, 15) is 4.79 Å². The lowest BCUT2D eigenvalue weighted by molar-refractivity contribution is -0.131. The maximum atomic E-state index is 11.9. The number of benzene rings is 2. The Bertz CT molecular complexity index is 690. The smallest absolute Gasteiger partial charge is 0.263 e. The average Bonchev–Trinajstić information content (AvgIpc) is 2.57. The van der Waals surface area contributed by atoms with Crippen molar-refractivity contribution in [2.45, 2.75) is 19.6 Å². The van der Waals surface area contributed by atoms with Crippen molar-refractivity contribution in [3.63, 3.8) is 0 Å². The van der Waals surface area contributed by atoms with Gasteiger partial charge in [0.05, 0.1) is 16.3 Å². The van der Waals surface area contributed by atoms with Crippen LogP contribution in [-0.2, 0) is 16.2 Å². The van der Waals surface area contributed by atoms with Crippen molar-refractivity contribution in [1.29, 1.82) is 0 Å². The van der Waals surface area contributed by atoms with Crippen LogP contribution < -0.4 is 5.32 Å². The molecule has 0 aromatic heterocycles. The van der Waals surface area contributed by atoms with Gasteiger partial charge in [-0.3, -0.25) is 4.79 Å². The van der Waals surface area contributed by atoms with E-state index < -0.39 is 6.10 Å². The summed E-state index contributed by atoms with van der Waals surface area (Å²) < 4.78 is 0. The van der Waals surface area contributed by atoms with Crippen molar-refractivity contribution >= 4 is 35.3 Å². The largest absolute Gasteiger partial charge is 0.383 e. The summed E-state index contributed by atoms with van der Waals surface area (Å²) in [6, 6.07) is 14.8. The first-order valence-electron chi connectivity index (χ1n) is 7.03. The molecule has 1 atom stereocenters. The summed E-state index contributed by atoms with van der Waals surface area (Å²) >= 11 is 11.9. The lowest BCUT2D eigenvalue weighted by Gasteiger charge is -2.10. The molecule has 0 radical (unpaired) electrons. The highest BCUT2D eigenvalue weighted by molar-refractivity contribution is 6.43. The van der Waals surface area contributed by atoms with Gasteiger partial charge in [0.25, 0.3) is 5.91 Å². The number of hydrogen-bond acceptors (Lipinski definition) is 3. The zero-order valence-electron chi connectivity index (χ0n) is 12.5. The van der Waals surface area contributed by atoms with E-state index in [1.807, 2.05) is 30.3 Å². The number of nitrogens with zero attached hydrogens (tertiary/aromatic N) is 1. The number of nitrogens with one attached hydrogen (secondary N) is 1. The van der Waals surface area contributed by atoms with Crippen molar-refractivity contribution in [2.24, 2.45) is 5.16 Å². The zero-order valence-corrected chi connectivity index (χ0v) is 14.0. The molecule has 2 aromatic rings. The van der Waals surface area contributed by atoms with Gasteiger partial charge in [0.2, 0.25) is 6.10 Å². The van der Waals surface area contributed by atoms with Gasteiger partial charge in [-0.25, -0.2) is 0 Å². The van der Waals surface area contributed by atoms with Gasteiger partial charge in [0, 0.05) is 12.1 Å². The molecule has 0 aliphatic heterocycles. The second kappa shape index (κ2) is 8.56. The van der Waals surface area contributed by atoms with Crippen molar-refractivity contribution in [2.75, 3.05) is 0 Å². The number of hydrogen-bond donors (Lipinski definition) is 1. The molecule has 23 heavy (non-hydrogen) atoms. The first kappa shape index (κ1) is 17.3. The minimum Gasteiger partial charge on any atom is -0.383 e. The van der Waals surface area contributed by atoms with E-state index in [4.69, 9.17) is 28.0 Å². The van der Waals surface area contributed by atoms with Crippen molar-refractivity contribution in [1.82, 2.24) is 5.32 Å². The summed E-state index contributed by atoms with van der Waals surface area (Å²) in [5.41, 5.74) is 1.64. The minimum atomic E-state index is -0.715.